The summed E-state index contributed by atoms with van der Waals surface area (Å²) in [7, 11) is 0. The minimum atomic E-state index is -0.298. The van der Waals surface area contributed by atoms with Gasteiger partial charge in [0, 0.05) is 22.0 Å². The minimum Gasteiger partial charge on any atom is -0.248 e. The fourth-order valence-electron chi connectivity index (χ4n) is 14.5. The number of hydrogen-bond donors (Lipinski definition) is 0. The SMILES string of the molecule is CCC1(CC)c2cc(-c3c4ccccc4c(-c4ccc5ccccc5c4)c4ccccc34)ccc2-c2nc3c(nc21)-c1ccc(-c2c4ccccc4c(-c4ccc5ccccc5c4)c4ccccc24)cc1C3(CC)CC. The lowest BCUT2D eigenvalue weighted by Crippen LogP contribution is -2.27. The van der Waals surface area contributed by atoms with E-state index in [-0.39, 0.29) is 10.8 Å². The second kappa shape index (κ2) is 16.9. The Balaban J connectivity index is 0.889. The molecule has 0 N–H and O–H groups in total. The van der Waals surface area contributed by atoms with Gasteiger partial charge in [-0.1, -0.05) is 222 Å². The zero-order valence-electron chi connectivity index (χ0n) is 43.5. The van der Waals surface area contributed by atoms with E-state index in [1.165, 1.54) is 131 Å². The van der Waals surface area contributed by atoms with Crippen LogP contribution in [0.25, 0.3) is 132 Å². The van der Waals surface area contributed by atoms with Crippen LogP contribution in [0.1, 0.15) is 75.9 Å². The van der Waals surface area contributed by atoms with Crippen molar-refractivity contribution in [1.29, 1.82) is 0 Å². The first-order chi connectivity index (χ1) is 37.5. The summed E-state index contributed by atoms with van der Waals surface area (Å²) in [4.78, 5) is 11.9. The van der Waals surface area contributed by atoms with Crippen molar-refractivity contribution in [3.05, 3.63) is 241 Å². The van der Waals surface area contributed by atoms with Gasteiger partial charge in [-0.05, 0) is 170 Å². The molecule has 2 aliphatic rings. The van der Waals surface area contributed by atoms with E-state index in [9.17, 15) is 0 Å². The summed E-state index contributed by atoms with van der Waals surface area (Å²) in [5, 5.41) is 15.2. The minimum absolute atomic E-state index is 0.298. The molecule has 76 heavy (non-hydrogen) atoms. The van der Waals surface area contributed by atoms with E-state index in [1.54, 1.807) is 0 Å². The van der Waals surface area contributed by atoms with Gasteiger partial charge in [0.1, 0.15) is 0 Å². The molecule has 0 radical (unpaired) electrons. The average Bonchev–Trinajstić information content (AvgIpc) is 4.15. The van der Waals surface area contributed by atoms with Crippen molar-refractivity contribution < 1.29 is 0 Å². The van der Waals surface area contributed by atoms with Gasteiger partial charge < -0.3 is 0 Å². The van der Waals surface area contributed by atoms with E-state index >= 15 is 0 Å². The maximum absolute atomic E-state index is 5.95. The second-order valence-electron chi connectivity index (χ2n) is 21.5. The first-order valence-corrected chi connectivity index (χ1v) is 27.6. The highest BCUT2D eigenvalue weighted by atomic mass is 14.9. The van der Waals surface area contributed by atoms with Crippen LogP contribution in [-0.4, -0.2) is 9.97 Å². The number of benzene rings is 12. The molecule has 0 unspecified atom stereocenters. The molecule has 0 saturated heterocycles. The van der Waals surface area contributed by atoms with Crippen LogP contribution in [0.4, 0.5) is 0 Å². The molecule has 12 aromatic carbocycles. The Morgan fingerprint density at radius 1 is 0.276 bits per heavy atom. The molecule has 0 bridgehead atoms. The van der Waals surface area contributed by atoms with Crippen molar-refractivity contribution in [2.75, 3.05) is 0 Å². The largest absolute Gasteiger partial charge is 0.248 e. The third kappa shape index (κ3) is 6.16. The smallest absolute Gasteiger partial charge is 0.0934 e. The Morgan fingerprint density at radius 2 is 0.539 bits per heavy atom. The Labute approximate surface area is 444 Å². The summed E-state index contributed by atoms with van der Waals surface area (Å²) in [6.45, 7) is 9.43. The summed E-state index contributed by atoms with van der Waals surface area (Å²) < 4.78 is 0. The predicted molar refractivity (Wildman–Crippen MR) is 322 cm³/mol. The standard InChI is InChI=1S/C74H56N2/c1-5-73(6-2)63-43-51(67-57-29-17-13-25-53(57)65(54-26-14-18-30-58(54)67)49-35-33-45-21-9-11-23-47(45)41-49)37-39-61(63)69-71(73)75-70-62-40-38-52(44-64(62)74(7-3,8-4)72(70)76-69)68-59-31-19-15-27-55(59)66(56-28-16-20-32-60(56)68)50-36-34-46-22-10-12-24-48(46)42-50/h9-44H,5-8H2,1-4H3. The van der Waals surface area contributed by atoms with Gasteiger partial charge in [-0.3, -0.25) is 0 Å². The third-order valence-electron chi connectivity index (χ3n) is 18.3. The van der Waals surface area contributed by atoms with Gasteiger partial charge in [0.05, 0.1) is 22.8 Å². The van der Waals surface area contributed by atoms with Crippen LogP contribution >= 0.6 is 0 Å². The number of hydrogen-bond acceptors (Lipinski definition) is 2. The maximum atomic E-state index is 5.95. The monoisotopic (exact) mass is 972 g/mol. The Bertz CT molecular complexity index is 4180. The number of nitrogens with zero attached hydrogens (tertiary/aromatic N) is 2. The van der Waals surface area contributed by atoms with E-state index in [2.05, 4.69) is 246 Å². The first-order valence-electron chi connectivity index (χ1n) is 27.6. The fraction of sp³-hybridized carbons (Fsp3) is 0.135. The highest BCUT2D eigenvalue weighted by Gasteiger charge is 2.49. The molecule has 0 fully saturated rings. The molecule has 0 amide bonds. The van der Waals surface area contributed by atoms with Crippen LogP contribution in [0.5, 0.6) is 0 Å². The van der Waals surface area contributed by atoms with E-state index in [0.29, 0.717) is 0 Å². The quantitative estimate of drug-likeness (QED) is 0.142. The highest BCUT2D eigenvalue weighted by molar-refractivity contribution is 6.23. The van der Waals surface area contributed by atoms with Gasteiger partial charge in [0.15, 0.2) is 0 Å². The van der Waals surface area contributed by atoms with Crippen molar-refractivity contribution in [1.82, 2.24) is 9.97 Å². The molecule has 2 heteroatoms. The number of rotatable bonds is 8. The van der Waals surface area contributed by atoms with Gasteiger partial charge >= 0.3 is 0 Å². The summed E-state index contributed by atoms with van der Waals surface area (Å²) >= 11 is 0. The molecule has 362 valence electrons. The maximum Gasteiger partial charge on any atom is 0.0934 e. The summed E-state index contributed by atoms with van der Waals surface area (Å²) in [6, 6.07) is 82.0. The van der Waals surface area contributed by atoms with Crippen molar-refractivity contribution in [3.63, 3.8) is 0 Å². The first kappa shape index (κ1) is 44.7. The lowest BCUT2D eigenvalue weighted by Gasteiger charge is -2.30. The molecule has 1 heterocycles. The lowest BCUT2D eigenvalue weighted by atomic mass is 9.74. The van der Waals surface area contributed by atoms with Gasteiger partial charge in [0.25, 0.3) is 0 Å². The van der Waals surface area contributed by atoms with Gasteiger partial charge in [-0.25, -0.2) is 9.97 Å². The van der Waals surface area contributed by atoms with Gasteiger partial charge in [-0.15, -0.1) is 0 Å². The molecule has 1 aromatic heterocycles. The molecule has 2 aliphatic carbocycles. The fourth-order valence-corrected chi connectivity index (χ4v) is 14.5. The van der Waals surface area contributed by atoms with Gasteiger partial charge in [0.2, 0.25) is 0 Å². The van der Waals surface area contributed by atoms with E-state index in [4.69, 9.17) is 9.97 Å². The van der Waals surface area contributed by atoms with E-state index < -0.39 is 0 Å². The second-order valence-corrected chi connectivity index (χ2v) is 21.5. The number of aromatic nitrogens is 2. The molecule has 15 rings (SSSR count). The topological polar surface area (TPSA) is 25.8 Å². The molecular formula is C74H56N2. The Morgan fingerprint density at radius 3 is 0.842 bits per heavy atom. The molecular weight excluding hydrogens is 917 g/mol. The lowest BCUT2D eigenvalue weighted by molar-refractivity contribution is 0.466. The van der Waals surface area contributed by atoms with Crippen LogP contribution in [0, 0.1) is 0 Å². The van der Waals surface area contributed by atoms with Crippen LogP contribution in [0.3, 0.4) is 0 Å². The molecule has 13 aromatic rings. The van der Waals surface area contributed by atoms with Crippen molar-refractivity contribution >= 4 is 64.6 Å². The molecule has 0 aliphatic heterocycles. The molecule has 0 spiro atoms. The average molecular weight is 973 g/mol. The van der Waals surface area contributed by atoms with Crippen molar-refractivity contribution in [3.8, 4) is 67.0 Å². The Kier molecular flexibility index (Phi) is 9.95. The van der Waals surface area contributed by atoms with Crippen LogP contribution in [0.15, 0.2) is 218 Å². The Hall–Kier alpha value is -8.72. The molecule has 2 nitrogen and oxygen atoms in total. The molecule has 0 atom stereocenters. The van der Waals surface area contributed by atoms with Crippen LogP contribution in [0.2, 0.25) is 0 Å². The summed E-state index contributed by atoms with van der Waals surface area (Å²) in [5.74, 6) is 0. The van der Waals surface area contributed by atoms with Crippen LogP contribution < -0.4 is 0 Å². The van der Waals surface area contributed by atoms with E-state index in [1.807, 2.05) is 0 Å². The molecule has 0 saturated carbocycles. The summed E-state index contributed by atoms with van der Waals surface area (Å²) in [5.41, 5.74) is 19.0. The third-order valence-corrected chi connectivity index (χ3v) is 18.3. The van der Waals surface area contributed by atoms with Crippen molar-refractivity contribution in [2.24, 2.45) is 0 Å². The normalized spacial score (nSPS) is 13.9. The zero-order valence-corrected chi connectivity index (χ0v) is 43.5. The highest BCUT2D eigenvalue weighted by Crippen LogP contribution is 2.59. The zero-order chi connectivity index (χ0) is 50.9. The van der Waals surface area contributed by atoms with Crippen molar-refractivity contribution in [2.45, 2.75) is 64.2 Å². The van der Waals surface area contributed by atoms with Crippen LogP contribution in [-0.2, 0) is 10.8 Å². The summed E-state index contributed by atoms with van der Waals surface area (Å²) in [6.07, 6.45) is 3.71. The number of fused-ring (bicyclic) bond motifs is 12. The predicted octanol–water partition coefficient (Wildman–Crippen LogP) is 20.2. The van der Waals surface area contributed by atoms with E-state index in [0.717, 1.165) is 48.5 Å². The van der Waals surface area contributed by atoms with Gasteiger partial charge in [-0.2, -0.15) is 0 Å².